The second-order valence-corrected chi connectivity index (χ2v) is 5.06. The summed E-state index contributed by atoms with van der Waals surface area (Å²) in [6, 6.07) is 0. The standard InChI is InChI=1S/C13H22O3/c1-3-4-5-6-12-11(9-14)7-8-13(12)15-10(2)16-13/h9-12H,3-8H2,1-2H3. The van der Waals surface area contributed by atoms with Crippen LogP contribution in [0.15, 0.2) is 0 Å². The third-order valence-electron chi connectivity index (χ3n) is 3.93. The van der Waals surface area contributed by atoms with Crippen LogP contribution in [0.2, 0.25) is 0 Å². The lowest BCUT2D eigenvalue weighted by atomic mass is 9.87. The highest BCUT2D eigenvalue weighted by Crippen LogP contribution is 2.51. The van der Waals surface area contributed by atoms with Crippen LogP contribution < -0.4 is 0 Å². The minimum absolute atomic E-state index is 0.0842. The van der Waals surface area contributed by atoms with Gasteiger partial charge in [0.2, 0.25) is 0 Å². The molecule has 92 valence electrons. The Morgan fingerprint density at radius 2 is 2.12 bits per heavy atom. The summed E-state index contributed by atoms with van der Waals surface area (Å²) in [6.07, 6.45) is 7.50. The van der Waals surface area contributed by atoms with Crippen molar-refractivity contribution in [2.24, 2.45) is 11.8 Å². The van der Waals surface area contributed by atoms with Gasteiger partial charge < -0.3 is 14.3 Å². The molecule has 0 amide bonds. The monoisotopic (exact) mass is 226 g/mol. The van der Waals surface area contributed by atoms with E-state index in [0.29, 0.717) is 0 Å². The van der Waals surface area contributed by atoms with Crippen molar-refractivity contribution in [1.82, 2.24) is 0 Å². The molecule has 2 aliphatic rings. The van der Waals surface area contributed by atoms with Crippen LogP contribution in [0, 0.1) is 11.8 Å². The van der Waals surface area contributed by atoms with E-state index in [0.717, 1.165) is 25.5 Å². The molecule has 0 radical (unpaired) electrons. The third-order valence-corrected chi connectivity index (χ3v) is 3.93. The van der Waals surface area contributed by atoms with E-state index in [-0.39, 0.29) is 18.1 Å². The normalized spacial score (nSPS) is 42.2. The Morgan fingerprint density at radius 1 is 1.38 bits per heavy atom. The predicted octanol–water partition coefficient (Wildman–Crippen LogP) is 2.88. The van der Waals surface area contributed by atoms with E-state index in [4.69, 9.17) is 9.47 Å². The largest absolute Gasteiger partial charge is 0.321 e. The second-order valence-electron chi connectivity index (χ2n) is 5.06. The molecular formula is C13H22O3. The summed E-state index contributed by atoms with van der Waals surface area (Å²) in [5, 5.41) is 0. The first-order valence-electron chi connectivity index (χ1n) is 6.53. The number of ether oxygens (including phenoxy) is 2. The van der Waals surface area contributed by atoms with Gasteiger partial charge in [-0.25, -0.2) is 0 Å². The maximum atomic E-state index is 11.0. The molecule has 0 aromatic heterocycles. The molecule has 1 saturated heterocycles. The first-order chi connectivity index (χ1) is 7.72. The molecule has 2 unspecified atom stereocenters. The second kappa shape index (κ2) is 4.84. The lowest BCUT2D eigenvalue weighted by Crippen LogP contribution is -2.55. The molecule has 1 aliphatic carbocycles. The van der Waals surface area contributed by atoms with Gasteiger partial charge in [-0.15, -0.1) is 0 Å². The Balaban J connectivity index is 1.94. The van der Waals surface area contributed by atoms with Crippen LogP contribution in [0.25, 0.3) is 0 Å². The average molecular weight is 226 g/mol. The lowest BCUT2D eigenvalue weighted by molar-refractivity contribution is -0.458. The lowest BCUT2D eigenvalue weighted by Gasteiger charge is -2.48. The quantitative estimate of drug-likeness (QED) is 0.534. The van der Waals surface area contributed by atoms with Crippen LogP contribution >= 0.6 is 0 Å². The Bertz CT molecular complexity index is 246. The van der Waals surface area contributed by atoms with Gasteiger partial charge in [-0.05, 0) is 19.8 Å². The van der Waals surface area contributed by atoms with Gasteiger partial charge >= 0.3 is 0 Å². The van der Waals surface area contributed by atoms with E-state index in [2.05, 4.69) is 6.92 Å². The van der Waals surface area contributed by atoms with Crippen molar-refractivity contribution in [3.63, 3.8) is 0 Å². The van der Waals surface area contributed by atoms with Crippen LogP contribution in [-0.2, 0) is 14.3 Å². The molecular weight excluding hydrogens is 204 g/mol. The van der Waals surface area contributed by atoms with Crippen LogP contribution in [-0.4, -0.2) is 18.4 Å². The highest BCUT2D eigenvalue weighted by molar-refractivity contribution is 5.55. The van der Waals surface area contributed by atoms with E-state index in [9.17, 15) is 4.79 Å². The fraction of sp³-hybridized carbons (Fsp3) is 0.923. The van der Waals surface area contributed by atoms with E-state index < -0.39 is 5.79 Å². The zero-order valence-corrected chi connectivity index (χ0v) is 10.3. The third kappa shape index (κ3) is 2.03. The molecule has 3 nitrogen and oxygen atoms in total. The summed E-state index contributed by atoms with van der Waals surface area (Å²) in [5.41, 5.74) is 0. The zero-order chi connectivity index (χ0) is 11.6. The number of carbonyl (C=O) groups excluding carboxylic acids is 1. The smallest absolute Gasteiger partial charge is 0.178 e. The van der Waals surface area contributed by atoms with Crippen molar-refractivity contribution in [3.05, 3.63) is 0 Å². The Morgan fingerprint density at radius 3 is 2.69 bits per heavy atom. The van der Waals surface area contributed by atoms with Gasteiger partial charge in [-0.3, -0.25) is 0 Å². The maximum Gasteiger partial charge on any atom is 0.178 e. The fourth-order valence-electron chi connectivity index (χ4n) is 3.16. The van der Waals surface area contributed by atoms with Crippen molar-refractivity contribution < 1.29 is 14.3 Å². The maximum absolute atomic E-state index is 11.0. The molecule has 0 N–H and O–H groups in total. The highest BCUT2D eigenvalue weighted by Gasteiger charge is 2.57. The molecule has 3 heteroatoms. The predicted molar refractivity (Wildman–Crippen MR) is 60.8 cm³/mol. The number of aldehydes is 1. The van der Waals surface area contributed by atoms with E-state index >= 15 is 0 Å². The highest BCUT2D eigenvalue weighted by atomic mass is 16.9. The van der Waals surface area contributed by atoms with Gasteiger partial charge in [0.05, 0.1) is 0 Å². The molecule has 0 aromatic rings. The van der Waals surface area contributed by atoms with Crippen LogP contribution in [0.3, 0.4) is 0 Å². The van der Waals surface area contributed by atoms with Gasteiger partial charge in [-0.1, -0.05) is 26.2 Å². The topological polar surface area (TPSA) is 35.5 Å². The van der Waals surface area contributed by atoms with Crippen molar-refractivity contribution in [1.29, 1.82) is 0 Å². The van der Waals surface area contributed by atoms with Crippen molar-refractivity contribution >= 4 is 6.29 Å². The molecule has 2 rings (SSSR count). The zero-order valence-electron chi connectivity index (χ0n) is 10.3. The summed E-state index contributed by atoms with van der Waals surface area (Å²) in [6.45, 7) is 4.11. The number of hydrogen-bond donors (Lipinski definition) is 0. The molecule has 1 aliphatic heterocycles. The summed E-state index contributed by atoms with van der Waals surface area (Å²) in [5.74, 6) is 0.0238. The first-order valence-corrected chi connectivity index (χ1v) is 6.53. The van der Waals surface area contributed by atoms with Crippen molar-refractivity contribution in [2.75, 3.05) is 0 Å². The fourth-order valence-corrected chi connectivity index (χ4v) is 3.16. The van der Waals surface area contributed by atoms with Gasteiger partial charge in [0, 0.05) is 18.3 Å². The number of unbranched alkanes of at least 4 members (excludes halogenated alkanes) is 2. The minimum atomic E-state index is -0.404. The summed E-state index contributed by atoms with van der Waals surface area (Å²) < 4.78 is 11.6. The molecule has 1 spiro atoms. The Kier molecular flexibility index (Phi) is 3.65. The molecule has 0 bridgehead atoms. The summed E-state index contributed by atoms with van der Waals surface area (Å²) in [7, 11) is 0. The molecule has 16 heavy (non-hydrogen) atoms. The Hall–Kier alpha value is -0.410. The SMILES string of the molecule is CCCCCC1C(C=O)CCC12OC(C)O2. The van der Waals surface area contributed by atoms with Crippen LogP contribution in [0.1, 0.15) is 52.4 Å². The number of rotatable bonds is 5. The van der Waals surface area contributed by atoms with Crippen molar-refractivity contribution in [2.45, 2.75) is 64.4 Å². The number of carbonyl (C=O) groups is 1. The van der Waals surface area contributed by atoms with Crippen LogP contribution in [0.5, 0.6) is 0 Å². The molecule has 0 aromatic carbocycles. The Labute approximate surface area is 97.5 Å². The summed E-state index contributed by atoms with van der Waals surface area (Å²) in [4.78, 5) is 11.0. The minimum Gasteiger partial charge on any atom is -0.321 e. The van der Waals surface area contributed by atoms with Gasteiger partial charge in [-0.2, -0.15) is 0 Å². The van der Waals surface area contributed by atoms with Gasteiger partial charge in [0.1, 0.15) is 6.29 Å². The average Bonchev–Trinajstić information content (AvgIpc) is 2.58. The van der Waals surface area contributed by atoms with E-state index in [1.54, 1.807) is 0 Å². The molecule has 1 saturated carbocycles. The van der Waals surface area contributed by atoms with Crippen LogP contribution in [0.4, 0.5) is 0 Å². The number of hydrogen-bond acceptors (Lipinski definition) is 3. The van der Waals surface area contributed by atoms with Gasteiger partial charge in [0.25, 0.3) is 0 Å². The first kappa shape index (κ1) is 12.1. The molecule has 1 heterocycles. The van der Waals surface area contributed by atoms with Crippen molar-refractivity contribution in [3.8, 4) is 0 Å². The van der Waals surface area contributed by atoms with E-state index in [1.165, 1.54) is 19.3 Å². The van der Waals surface area contributed by atoms with E-state index in [1.807, 2.05) is 6.92 Å². The van der Waals surface area contributed by atoms with Gasteiger partial charge in [0.15, 0.2) is 12.1 Å². The molecule has 2 fully saturated rings. The molecule has 2 atom stereocenters. The summed E-state index contributed by atoms with van der Waals surface area (Å²) >= 11 is 0.